The highest BCUT2D eigenvalue weighted by Crippen LogP contribution is 2.25. The van der Waals surface area contributed by atoms with Crippen molar-refractivity contribution in [1.82, 2.24) is 9.80 Å². The molecule has 2 aromatic carbocycles. The molecule has 0 aliphatic carbocycles. The van der Waals surface area contributed by atoms with Crippen LogP contribution in [0.3, 0.4) is 0 Å². The SMILES string of the molecule is Oc1ccccc1CN1CCC[C@@H](N2CCN(c3cccc(Cl)c3)CC2)C1. The first-order valence-corrected chi connectivity index (χ1v) is 10.3. The highest BCUT2D eigenvalue weighted by Gasteiger charge is 2.28. The summed E-state index contributed by atoms with van der Waals surface area (Å²) in [5, 5.41) is 10.9. The Morgan fingerprint density at radius 3 is 2.56 bits per heavy atom. The number of phenols is 1. The molecule has 144 valence electrons. The smallest absolute Gasteiger partial charge is 0.120 e. The average Bonchev–Trinajstić information content (AvgIpc) is 2.70. The number of likely N-dealkylation sites (tertiary alicyclic amines) is 1. The molecule has 1 N–H and O–H groups in total. The summed E-state index contributed by atoms with van der Waals surface area (Å²) in [6, 6.07) is 16.5. The molecule has 0 aromatic heterocycles. The Balaban J connectivity index is 1.32. The molecule has 2 saturated heterocycles. The Kier molecular flexibility index (Phi) is 5.86. The summed E-state index contributed by atoms with van der Waals surface area (Å²) in [6.45, 7) is 7.35. The van der Waals surface area contributed by atoms with Gasteiger partial charge in [0.25, 0.3) is 0 Å². The molecule has 0 radical (unpaired) electrons. The lowest BCUT2D eigenvalue weighted by atomic mass is 10.0. The Bertz CT molecular complexity index is 761. The van der Waals surface area contributed by atoms with E-state index in [4.69, 9.17) is 11.6 Å². The number of piperazine rings is 1. The third-order valence-corrected chi connectivity index (χ3v) is 6.11. The molecule has 4 nitrogen and oxygen atoms in total. The maximum absolute atomic E-state index is 10.1. The first-order valence-electron chi connectivity index (χ1n) is 9.93. The number of halogens is 1. The second kappa shape index (κ2) is 8.51. The number of piperidine rings is 1. The fraction of sp³-hybridized carbons (Fsp3) is 0.455. The molecule has 4 rings (SSSR count). The Labute approximate surface area is 167 Å². The van der Waals surface area contributed by atoms with E-state index in [1.54, 1.807) is 6.07 Å². The van der Waals surface area contributed by atoms with Crippen molar-refractivity contribution >= 4 is 17.3 Å². The van der Waals surface area contributed by atoms with Crippen molar-refractivity contribution in [3.63, 3.8) is 0 Å². The minimum atomic E-state index is 0.412. The molecule has 2 fully saturated rings. The second-order valence-electron chi connectivity index (χ2n) is 7.66. The molecule has 0 bridgehead atoms. The van der Waals surface area contributed by atoms with E-state index in [0.717, 1.165) is 56.4 Å². The van der Waals surface area contributed by atoms with Crippen LogP contribution in [0, 0.1) is 0 Å². The Hall–Kier alpha value is -1.75. The van der Waals surface area contributed by atoms with E-state index in [-0.39, 0.29) is 0 Å². The van der Waals surface area contributed by atoms with Crippen LogP contribution in [0.1, 0.15) is 18.4 Å². The molecule has 2 aromatic rings. The van der Waals surface area contributed by atoms with Crippen molar-refractivity contribution in [2.45, 2.75) is 25.4 Å². The molecule has 0 saturated carbocycles. The summed E-state index contributed by atoms with van der Waals surface area (Å²) >= 11 is 6.15. The van der Waals surface area contributed by atoms with E-state index in [2.05, 4.69) is 26.8 Å². The Morgan fingerprint density at radius 2 is 1.78 bits per heavy atom. The van der Waals surface area contributed by atoms with E-state index >= 15 is 0 Å². The quantitative estimate of drug-likeness (QED) is 0.866. The fourth-order valence-electron chi connectivity index (χ4n) is 4.38. The van der Waals surface area contributed by atoms with Gasteiger partial charge >= 0.3 is 0 Å². The van der Waals surface area contributed by atoms with Crippen LogP contribution in [0.15, 0.2) is 48.5 Å². The third-order valence-electron chi connectivity index (χ3n) is 5.87. The van der Waals surface area contributed by atoms with Crippen LogP contribution in [0.5, 0.6) is 5.75 Å². The summed E-state index contributed by atoms with van der Waals surface area (Å²) in [7, 11) is 0. The normalized spacial score (nSPS) is 22.1. The largest absolute Gasteiger partial charge is 0.508 e. The zero-order chi connectivity index (χ0) is 18.6. The van der Waals surface area contributed by atoms with Gasteiger partial charge in [0.15, 0.2) is 0 Å². The standard InChI is InChI=1S/C22H28ClN3O/c23-19-6-3-7-20(15-19)25-11-13-26(14-12-25)21-8-4-10-24(17-21)16-18-5-1-2-9-22(18)27/h1-3,5-7,9,15,21,27H,4,8,10-14,16-17H2/t21-/m1/s1. The van der Waals surface area contributed by atoms with E-state index < -0.39 is 0 Å². The zero-order valence-electron chi connectivity index (χ0n) is 15.7. The van der Waals surface area contributed by atoms with Gasteiger partial charge in [-0.15, -0.1) is 0 Å². The van der Waals surface area contributed by atoms with Gasteiger partial charge in [0.2, 0.25) is 0 Å². The summed E-state index contributed by atoms with van der Waals surface area (Å²) in [6.07, 6.45) is 2.50. The van der Waals surface area contributed by atoms with Gasteiger partial charge < -0.3 is 10.0 Å². The van der Waals surface area contributed by atoms with Crippen LogP contribution >= 0.6 is 11.6 Å². The average molecular weight is 386 g/mol. The van der Waals surface area contributed by atoms with Gasteiger partial charge in [0.05, 0.1) is 0 Å². The summed E-state index contributed by atoms with van der Waals surface area (Å²) in [5.41, 5.74) is 2.26. The molecule has 2 aliphatic heterocycles. The lowest BCUT2D eigenvalue weighted by Gasteiger charge is -2.44. The molecule has 2 heterocycles. The highest BCUT2D eigenvalue weighted by atomic mass is 35.5. The first-order chi connectivity index (χ1) is 13.2. The predicted octanol–water partition coefficient (Wildman–Crippen LogP) is 3.83. The molecular formula is C22H28ClN3O. The van der Waals surface area contributed by atoms with Crippen molar-refractivity contribution in [1.29, 1.82) is 0 Å². The monoisotopic (exact) mass is 385 g/mol. The number of hydrogen-bond acceptors (Lipinski definition) is 4. The molecular weight excluding hydrogens is 358 g/mol. The van der Waals surface area contributed by atoms with Crippen molar-refractivity contribution in [2.75, 3.05) is 44.2 Å². The van der Waals surface area contributed by atoms with Gasteiger partial charge in [-0.05, 0) is 43.7 Å². The number of benzene rings is 2. The zero-order valence-corrected chi connectivity index (χ0v) is 16.5. The maximum atomic E-state index is 10.1. The van der Waals surface area contributed by atoms with E-state index in [0.29, 0.717) is 11.8 Å². The minimum absolute atomic E-state index is 0.412. The molecule has 0 unspecified atom stereocenters. The molecule has 0 amide bonds. The van der Waals surface area contributed by atoms with E-state index in [1.807, 2.05) is 30.3 Å². The number of aromatic hydroxyl groups is 1. The van der Waals surface area contributed by atoms with Gasteiger partial charge in [-0.3, -0.25) is 9.80 Å². The number of para-hydroxylation sites is 1. The number of rotatable bonds is 4. The molecule has 0 spiro atoms. The van der Waals surface area contributed by atoms with Crippen LogP contribution < -0.4 is 4.90 Å². The molecule has 5 heteroatoms. The van der Waals surface area contributed by atoms with Gasteiger partial charge in [0, 0.05) is 61.6 Å². The summed E-state index contributed by atoms with van der Waals surface area (Å²) in [5.74, 6) is 0.412. The van der Waals surface area contributed by atoms with Crippen LogP contribution in [0.4, 0.5) is 5.69 Å². The number of anilines is 1. The lowest BCUT2D eigenvalue weighted by Crippen LogP contribution is -2.55. The third kappa shape index (κ3) is 4.57. The maximum Gasteiger partial charge on any atom is 0.120 e. The van der Waals surface area contributed by atoms with Gasteiger partial charge in [-0.1, -0.05) is 35.9 Å². The minimum Gasteiger partial charge on any atom is -0.508 e. The highest BCUT2D eigenvalue weighted by molar-refractivity contribution is 6.30. The van der Waals surface area contributed by atoms with Gasteiger partial charge in [-0.2, -0.15) is 0 Å². The summed E-state index contributed by atoms with van der Waals surface area (Å²) in [4.78, 5) is 7.58. The summed E-state index contributed by atoms with van der Waals surface area (Å²) < 4.78 is 0. The van der Waals surface area contributed by atoms with Crippen LogP contribution in [0.2, 0.25) is 5.02 Å². The van der Waals surface area contributed by atoms with Gasteiger partial charge in [-0.25, -0.2) is 0 Å². The first kappa shape index (κ1) is 18.6. The fourth-order valence-corrected chi connectivity index (χ4v) is 4.56. The molecule has 1 atom stereocenters. The molecule has 27 heavy (non-hydrogen) atoms. The van der Waals surface area contributed by atoms with Crippen molar-refractivity contribution in [3.8, 4) is 5.75 Å². The van der Waals surface area contributed by atoms with E-state index in [9.17, 15) is 5.11 Å². The van der Waals surface area contributed by atoms with Crippen LogP contribution in [0.25, 0.3) is 0 Å². The second-order valence-corrected chi connectivity index (χ2v) is 8.10. The van der Waals surface area contributed by atoms with Crippen LogP contribution in [-0.4, -0.2) is 60.2 Å². The topological polar surface area (TPSA) is 30.0 Å². The molecule has 2 aliphatic rings. The van der Waals surface area contributed by atoms with Crippen molar-refractivity contribution in [3.05, 3.63) is 59.1 Å². The number of hydrogen-bond donors (Lipinski definition) is 1. The predicted molar refractivity (Wildman–Crippen MR) is 112 cm³/mol. The van der Waals surface area contributed by atoms with Crippen molar-refractivity contribution in [2.24, 2.45) is 0 Å². The number of phenolic OH excluding ortho intramolecular Hbond substituents is 1. The lowest BCUT2D eigenvalue weighted by molar-refractivity contribution is 0.0883. The van der Waals surface area contributed by atoms with Gasteiger partial charge in [0.1, 0.15) is 5.75 Å². The van der Waals surface area contributed by atoms with E-state index in [1.165, 1.54) is 18.5 Å². The Morgan fingerprint density at radius 1 is 0.963 bits per heavy atom. The van der Waals surface area contributed by atoms with Crippen molar-refractivity contribution < 1.29 is 5.11 Å². The number of nitrogens with zero attached hydrogens (tertiary/aromatic N) is 3. The van der Waals surface area contributed by atoms with Crippen LogP contribution in [-0.2, 0) is 6.54 Å².